The molecule has 0 radical (unpaired) electrons. The number of hydrogen-bond acceptors (Lipinski definition) is 6. The minimum Gasteiger partial charge on any atom is -0.465 e. The number of carbonyl (C=O) groups excluding carboxylic acids is 1. The smallest absolute Gasteiger partial charge is 0.315 e. The third kappa shape index (κ3) is 3.58. The van der Waals surface area contributed by atoms with Crippen molar-refractivity contribution in [3.63, 3.8) is 0 Å². The van der Waals surface area contributed by atoms with Gasteiger partial charge in [0.2, 0.25) is 0 Å². The first-order valence-electron chi connectivity index (χ1n) is 6.74. The summed E-state index contributed by atoms with van der Waals surface area (Å²) >= 11 is 1.59. The predicted octanol–water partition coefficient (Wildman–Crippen LogP) is 1.91. The molecule has 0 amide bonds. The van der Waals surface area contributed by atoms with Crippen LogP contribution >= 0.6 is 11.3 Å². The van der Waals surface area contributed by atoms with E-state index in [9.17, 15) is 9.00 Å². The highest BCUT2D eigenvalue weighted by Crippen LogP contribution is 2.39. The first kappa shape index (κ1) is 15.4. The van der Waals surface area contributed by atoms with Crippen molar-refractivity contribution in [3.05, 3.63) is 10.6 Å². The third-order valence-corrected chi connectivity index (χ3v) is 5.17. The Hall–Kier alpha value is -0.950. The fourth-order valence-electron chi connectivity index (χ4n) is 2.37. The standard InChI is InChI=1S/C13H20N2O3S2/c1-4-18-12(16)9-5-6-10-11(9)15-13(19-10)14-8(2)7-20(3)17/h8-9H,4-7H2,1-3H3,(H,14,15). The number of aromatic nitrogens is 1. The van der Waals surface area contributed by atoms with Gasteiger partial charge in [0, 0.05) is 33.7 Å². The number of aryl methyl sites for hydroxylation is 1. The van der Waals surface area contributed by atoms with Gasteiger partial charge >= 0.3 is 5.97 Å². The number of fused-ring (bicyclic) bond motifs is 1. The van der Waals surface area contributed by atoms with E-state index in [0.717, 1.165) is 28.5 Å². The zero-order valence-electron chi connectivity index (χ0n) is 12.0. The molecule has 3 unspecified atom stereocenters. The van der Waals surface area contributed by atoms with E-state index in [0.29, 0.717) is 12.4 Å². The third-order valence-electron chi connectivity index (χ3n) is 3.14. The maximum Gasteiger partial charge on any atom is 0.315 e. The van der Waals surface area contributed by atoms with Gasteiger partial charge in [-0.2, -0.15) is 0 Å². The molecule has 1 aliphatic carbocycles. The summed E-state index contributed by atoms with van der Waals surface area (Å²) in [6.07, 6.45) is 3.37. The summed E-state index contributed by atoms with van der Waals surface area (Å²) in [5, 5.41) is 4.06. The lowest BCUT2D eigenvalue weighted by molar-refractivity contribution is -0.145. The van der Waals surface area contributed by atoms with Gasteiger partial charge in [-0.15, -0.1) is 11.3 Å². The number of nitrogens with one attached hydrogen (secondary N) is 1. The van der Waals surface area contributed by atoms with E-state index >= 15 is 0 Å². The Bertz CT molecular complexity index is 516. The van der Waals surface area contributed by atoms with Gasteiger partial charge in [0.15, 0.2) is 5.13 Å². The minimum absolute atomic E-state index is 0.105. The lowest BCUT2D eigenvalue weighted by atomic mass is 10.1. The maximum atomic E-state index is 11.9. The topological polar surface area (TPSA) is 68.3 Å². The van der Waals surface area contributed by atoms with Crippen molar-refractivity contribution in [1.82, 2.24) is 4.98 Å². The molecule has 112 valence electrons. The van der Waals surface area contributed by atoms with E-state index < -0.39 is 10.8 Å². The van der Waals surface area contributed by atoms with Crippen molar-refractivity contribution in [3.8, 4) is 0 Å². The molecule has 3 atom stereocenters. The second-order valence-corrected chi connectivity index (χ2v) is 7.52. The van der Waals surface area contributed by atoms with Crippen molar-refractivity contribution in [1.29, 1.82) is 0 Å². The van der Waals surface area contributed by atoms with Crippen LogP contribution in [0.15, 0.2) is 0 Å². The number of carbonyl (C=O) groups is 1. The Kier molecular flexibility index (Phi) is 5.15. The van der Waals surface area contributed by atoms with Crippen LogP contribution in [0.25, 0.3) is 0 Å². The van der Waals surface area contributed by atoms with Gasteiger partial charge in [-0.05, 0) is 26.7 Å². The van der Waals surface area contributed by atoms with E-state index in [2.05, 4.69) is 10.3 Å². The van der Waals surface area contributed by atoms with Gasteiger partial charge in [0.25, 0.3) is 0 Å². The highest BCUT2D eigenvalue weighted by atomic mass is 32.2. The first-order valence-corrected chi connectivity index (χ1v) is 9.28. The molecule has 1 aromatic rings. The van der Waals surface area contributed by atoms with Gasteiger partial charge in [-0.3, -0.25) is 9.00 Å². The number of esters is 1. The number of anilines is 1. The average molecular weight is 316 g/mol. The molecule has 20 heavy (non-hydrogen) atoms. The fourth-order valence-corrected chi connectivity index (χ4v) is 4.30. The summed E-state index contributed by atoms with van der Waals surface area (Å²) in [6, 6.07) is 0.105. The van der Waals surface area contributed by atoms with Crippen LogP contribution in [0.3, 0.4) is 0 Å². The van der Waals surface area contributed by atoms with Crippen molar-refractivity contribution in [2.24, 2.45) is 0 Å². The molecular formula is C13H20N2O3S2. The fraction of sp³-hybridized carbons (Fsp3) is 0.692. The Morgan fingerprint density at radius 1 is 1.65 bits per heavy atom. The molecule has 5 nitrogen and oxygen atoms in total. The minimum atomic E-state index is -0.832. The second-order valence-electron chi connectivity index (χ2n) is 4.96. The molecule has 0 bridgehead atoms. The number of nitrogens with zero attached hydrogens (tertiary/aromatic N) is 1. The van der Waals surface area contributed by atoms with Gasteiger partial charge < -0.3 is 10.1 Å². The number of thiazole rings is 1. The molecule has 0 saturated carbocycles. The first-order chi connectivity index (χ1) is 9.51. The lowest BCUT2D eigenvalue weighted by Crippen LogP contribution is -2.22. The molecule has 0 aliphatic heterocycles. The summed E-state index contributed by atoms with van der Waals surface area (Å²) in [4.78, 5) is 17.6. The molecule has 0 saturated heterocycles. The lowest BCUT2D eigenvalue weighted by Gasteiger charge is -2.11. The normalized spacial score (nSPS) is 20.2. The maximum absolute atomic E-state index is 11.9. The number of ether oxygens (including phenoxy) is 1. The largest absolute Gasteiger partial charge is 0.465 e. The molecule has 1 aliphatic rings. The monoisotopic (exact) mass is 316 g/mol. The molecule has 0 spiro atoms. The molecule has 2 rings (SSSR count). The number of hydrogen-bond donors (Lipinski definition) is 1. The average Bonchev–Trinajstić information content (AvgIpc) is 2.86. The molecule has 0 fully saturated rings. The van der Waals surface area contributed by atoms with Crippen LogP contribution < -0.4 is 5.32 Å². The van der Waals surface area contributed by atoms with Gasteiger partial charge in [0.05, 0.1) is 12.3 Å². The van der Waals surface area contributed by atoms with Crippen molar-refractivity contribution >= 4 is 33.2 Å². The van der Waals surface area contributed by atoms with Crippen LogP contribution in [-0.2, 0) is 26.8 Å². The number of rotatable bonds is 6. The highest BCUT2D eigenvalue weighted by Gasteiger charge is 2.33. The molecule has 1 aromatic heterocycles. The van der Waals surface area contributed by atoms with Gasteiger partial charge in [-0.25, -0.2) is 4.98 Å². The summed E-state index contributed by atoms with van der Waals surface area (Å²) in [5.41, 5.74) is 0.862. The predicted molar refractivity (Wildman–Crippen MR) is 81.8 cm³/mol. The van der Waals surface area contributed by atoms with Crippen LogP contribution in [0.1, 0.15) is 36.8 Å². The van der Waals surface area contributed by atoms with Crippen molar-refractivity contribution < 1.29 is 13.7 Å². The Labute approximate surface area is 125 Å². The SMILES string of the molecule is CCOC(=O)C1CCc2sc(NC(C)CS(C)=O)nc21. The zero-order valence-corrected chi connectivity index (χ0v) is 13.6. The molecule has 1 N–H and O–H groups in total. The zero-order chi connectivity index (χ0) is 14.7. The second kappa shape index (κ2) is 6.67. The van der Waals surface area contributed by atoms with E-state index in [-0.39, 0.29) is 17.9 Å². The van der Waals surface area contributed by atoms with Crippen LogP contribution in [-0.4, -0.2) is 39.8 Å². The summed E-state index contributed by atoms with van der Waals surface area (Å²) < 4.78 is 16.3. The van der Waals surface area contributed by atoms with Crippen molar-refractivity contribution in [2.45, 2.75) is 38.6 Å². The van der Waals surface area contributed by atoms with E-state index in [1.54, 1.807) is 17.6 Å². The Balaban J connectivity index is 2.04. The van der Waals surface area contributed by atoms with Gasteiger partial charge in [-0.1, -0.05) is 0 Å². The molecule has 1 heterocycles. The quantitative estimate of drug-likeness (QED) is 0.812. The Morgan fingerprint density at radius 3 is 3.05 bits per heavy atom. The summed E-state index contributed by atoms with van der Waals surface area (Å²) in [5.74, 6) is 0.198. The van der Waals surface area contributed by atoms with Crippen molar-refractivity contribution in [2.75, 3.05) is 23.9 Å². The van der Waals surface area contributed by atoms with Crippen LogP contribution in [0.2, 0.25) is 0 Å². The summed E-state index contributed by atoms with van der Waals surface area (Å²) in [6.45, 7) is 4.20. The van der Waals surface area contributed by atoms with Crippen LogP contribution in [0.5, 0.6) is 0 Å². The Morgan fingerprint density at radius 2 is 2.40 bits per heavy atom. The van der Waals surface area contributed by atoms with Crippen LogP contribution in [0.4, 0.5) is 5.13 Å². The highest BCUT2D eigenvalue weighted by molar-refractivity contribution is 7.84. The molecule has 0 aromatic carbocycles. The summed E-state index contributed by atoms with van der Waals surface area (Å²) in [7, 11) is -0.832. The van der Waals surface area contributed by atoms with E-state index in [1.807, 2.05) is 13.8 Å². The van der Waals surface area contributed by atoms with Crippen LogP contribution in [0, 0.1) is 0 Å². The van der Waals surface area contributed by atoms with Gasteiger partial charge in [0.1, 0.15) is 5.92 Å². The van der Waals surface area contributed by atoms with E-state index in [1.165, 1.54) is 0 Å². The van der Waals surface area contributed by atoms with E-state index in [4.69, 9.17) is 4.74 Å². The molecule has 7 heteroatoms. The molecular weight excluding hydrogens is 296 g/mol.